The fourth-order valence-corrected chi connectivity index (χ4v) is 2.98. The standard InChI is InChI=1S/C9H11BrO/c1-5(11)8-6-2-3-7(4-6)9(8)10/h2-3,5-7,11H,4H2,1H3. The van der Waals surface area contributed by atoms with Crippen LogP contribution in [0.1, 0.15) is 13.3 Å². The van der Waals surface area contributed by atoms with Crippen molar-refractivity contribution in [3.05, 3.63) is 22.2 Å². The Balaban J connectivity index is 2.33. The molecule has 1 nitrogen and oxygen atoms in total. The van der Waals surface area contributed by atoms with Gasteiger partial charge in [-0.1, -0.05) is 28.1 Å². The van der Waals surface area contributed by atoms with Crippen molar-refractivity contribution in [1.29, 1.82) is 0 Å². The Labute approximate surface area is 74.9 Å². The molecule has 0 radical (unpaired) electrons. The maximum atomic E-state index is 9.42. The molecule has 0 saturated carbocycles. The molecule has 0 aromatic rings. The van der Waals surface area contributed by atoms with Gasteiger partial charge in [0, 0.05) is 16.3 Å². The second-order valence-corrected chi connectivity index (χ2v) is 4.17. The normalized spacial score (nSPS) is 37.0. The van der Waals surface area contributed by atoms with Crippen molar-refractivity contribution >= 4 is 15.9 Å². The van der Waals surface area contributed by atoms with Gasteiger partial charge in [-0.2, -0.15) is 0 Å². The summed E-state index contributed by atoms with van der Waals surface area (Å²) >= 11 is 3.53. The Morgan fingerprint density at radius 1 is 1.55 bits per heavy atom. The maximum absolute atomic E-state index is 9.42. The molecule has 60 valence electrons. The molecule has 2 aliphatic rings. The van der Waals surface area contributed by atoms with Crippen LogP contribution in [0, 0.1) is 11.8 Å². The molecule has 2 aliphatic carbocycles. The van der Waals surface area contributed by atoms with Gasteiger partial charge in [-0.05, 0) is 18.9 Å². The summed E-state index contributed by atoms with van der Waals surface area (Å²) < 4.78 is 1.22. The maximum Gasteiger partial charge on any atom is 0.0738 e. The van der Waals surface area contributed by atoms with Gasteiger partial charge in [-0.3, -0.25) is 0 Å². The van der Waals surface area contributed by atoms with Crippen molar-refractivity contribution in [2.75, 3.05) is 0 Å². The molecule has 0 amide bonds. The molecular formula is C9H11BrO. The molecule has 3 atom stereocenters. The zero-order valence-corrected chi connectivity index (χ0v) is 8.01. The second-order valence-electron chi connectivity index (χ2n) is 3.31. The van der Waals surface area contributed by atoms with Crippen molar-refractivity contribution < 1.29 is 5.11 Å². The van der Waals surface area contributed by atoms with E-state index in [1.54, 1.807) is 0 Å². The third-order valence-electron chi connectivity index (χ3n) is 2.53. The Kier molecular flexibility index (Phi) is 1.69. The molecule has 11 heavy (non-hydrogen) atoms. The van der Waals surface area contributed by atoms with Crippen molar-refractivity contribution in [2.24, 2.45) is 11.8 Å². The first-order valence-corrected chi connectivity index (χ1v) is 4.75. The zero-order chi connectivity index (χ0) is 8.01. The van der Waals surface area contributed by atoms with Gasteiger partial charge >= 0.3 is 0 Å². The van der Waals surface area contributed by atoms with Crippen molar-refractivity contribution in [3.8, 4) is 0 Å². The number of halogens is 1. The minimum atomic E-state index is -0.288. The third-order valence-corrected chi connectivity index (χ3v) is 3.58. The van der Waals surface area contributed by atoms with E-state index in [9.17, 15) is 5.11 Å². The monoisotopic (exact) mass is 214 g/mol. The van der Waals surface area contributed by atoms with Crippen molar-refractivity contribution in [2.45, 2.75) is 19.4 Å². The summed E-state index contributed by atoms with van der Waals surface area (Å²) in [6.07, 6.45) is 5.31. The van der Waals surface area contributed by atoms with Gasteiger partial charge < -0.3 is 5.11 Å². The molecule has 0 spiro atoms. The van der Waals surface area contributed by atoms with Gasteiger partial charge in [0.1, 0.15) is 0 Å². The number of hydrogen-bond donors (Lipinski definition) is 1. The summed E-state index contributed by atoms with van der Waals surface area (Å²) in [6, 6.07) is 0. The first kappa shape index (κ1) is 7.56. The van der Waals surface area contributed by atoms with Crippen LogP contribution >= 0.6 is 15.9 Å². The average molecular weight is 215 g/mol. The van der Waals surface area contributed by atoms with E-state index in [-0.39, 0.29) is 6.10 Å². The lowest BCUT2D eigenvalue weighted by atomic mass is 9.99. The van der Waals surface area contributed by atoms with E-state index in [0.717, 1.165) is 0 Å². The first-order valence-electron chi connectivity index (χ1n) is 3.96. The lowest BCUT2D eigenvalue weighted by Crippen LogP contribution is -2.10. The van der Waals surface area contributed by atoms with Crippen LogP contribution in [0.5, 0.6) is 0 Å². The summed E-state index contributed by atoms with van der Waals surface area (Å²) in [4.78, 5) is 0. The van der Waals surface area contributed by atoms with Crippen LogP contribution in [0.2, 0.25) is 0 Å². The minimum absolute atomic E-state index is 0.288. The molecule has 0 aromatic heterocycles. The van der Waals surface area contributed by atoms with Crippen molar-refractivity contribution in [1.82, 2.24) is 0 Å². The summed E-state index contributed by atoms with van der Waals surface area (Å²) in [5.41, 5.74) is 1.19. The highest BCUT2D eigenvalue weighted by Crippen LogP contribution is 2.47. The van der Waals surface area contributed by atoms with Gasteiger partial charge in [0.05, 0.1) is 6.10 Å². The van der Waals surface area contributed by atoms with E-state index in [1.165, 1.54) is 16.5 Å². The molecule has 2 bridgehead atoms. The van der Waals surface area contributed by atoms with Gasteiger partial charge in [0.25, 0.3) is 0 Å². The van der Waals surface area contributed by atoms with E-state index in [0.29, 0.717) is 11.8 Å². The van der Waals surface area contributed by atoms with Crippen LogP contribution in [0.4, 0.5) is 0 Å². The molecular weight excluding hydrogens is 204 g/mol. The lowest BCUT2D eigenvalue weighted by molar-refractivity contribution is 0.223. The highest BCUT2D eigenvalue weighted by Gasteiger charge is 2.35. The average Bonchev–Trinajstić information content (AvgIpc) is 2.44. The summed E-state index contributed by atoms with van der Waals surface area (Å²) in [5.74, 6) is 1.07. The smallest absolute Gasteiger partial charge is 0.0738 e. The molecule has 2 rings (SSSR count). The number of rotatable bonds is 1. The lowest BCUT2D eigenvalue weighted by Gasteiger charge is -2.14. The summed E-state index contributed by atoms with van der Waals surface area (Å²) in [6.45, 7) is 1.84. The highest BCUT2D eigenvalue weighted by molar-refractivity contribution is 9.11. The molecule has 0 saturated heterocycles. The van der Waals surface area contributed by atoms with E-state index in [1.807, 2.05) is 6.92 Å². The fourth-order valence-electron chi connectivity index (χ4n) is 2.02. The van der Waals surface area contributed by atoms with Crippen LogP contribution in [0.15, 0.2) is 22.2 Å². The van der Waals surface area contributed by atoms with Crippen LogP contribution in [-0.2, 0) is 0 Å². The molecule has 0 aromatic carbocycles. The molecule has 3 unspecified atom stereocenters. The Morgan fingerprint density at radius 2 is 2.18 bits per heavy atom. The number of aliphatic hydroxyl groups excluding tert-OH is 1. The van der Waals surface area contributed by atoms with E-state index < -0.39 is 0 Å². The van der Waals surface area contributed by atoms with E-state index in [2.05, 4.69) is 28.1 Å². The van der Waals surface area contributed by atoms with Crippen LogP contribution < -0.4 is 0 Å². The molecule has 0 heterocycles. The quantitative estimate of drug-likeness (QED) is 0.665. The number of hydrogen-bond acceptors (Lipinski definition) is 1. The Morgan fingerprint density at radius 3 is 2.55 bits per heavy atom. The SMILES string of the molecule is CC(O)C1=C(Br)C2C=CC1C2. The molecule has 1 N–H and O–H groups in total. The minimum Gasteiger partial charge on any atom is -0.389 e. The van der Waals surface area contributed by atoms with Gasteiger partial charge in [0.15, 0.2) is 0 Å². The van der Waals surface area contributed by atoms with Gasteiger partial charge in [-0.15, -0.1) is 0 Å². The Hall–Kier alpha value is -0.0800. The topological polar surface area (TPSA) is 20.2 Å². The highest BCUT2D eigenvalue weighted by atomic mass is 79.9. The molecule has 0 aliphatic heterocycles. The number of allylic oxidation sites excluding steroid dienone is 3. The van der Waals surface area contributed by atoms with E-state index >= 15 is 0 Å². The predicted octanol–water partition coefficient (Wildman–Crippen LogP) is 2.22. The van der Waals surface area contributed by atoms with Crippen LogP contribution in [0.3, 0.4) is 0 Å². The summed E-state index contributed by atoms with van der Waals surface area (Å²) in [7, 11) is 0. The predicted molar refractivity (Wildman–Crippen MR) is 48.4 cm³/mol. The Bertz CT molecular complexity index is 240. The third kappa shape index (κ3) is 1.00. The molecule has 2 heteroatoms. The number of aliphatic hydroxyl groups is 1. The van der Waals surface area contributed by atoms with Gasteiger partial charge in [-0.25, -0.2) is 0 Å². The second kappa shape index (κ2) is 2.46. The van der Waals surface area contributed by atoms with E-state index in [4.69, 9.17) is 0 Å². The summed E-state index contributed by atoms with van der Waals surface area (Å²) in [5, 5.41) is 9.42. The zero-order valence-electron chi connectivity index (χ0n) is 6.42. The van der Waals surface area contributed by atoms with Gasteiger partial charge in [0.2, 0.25) is 0 Å². The van der Waals surface area contributed by atoms with Crippen LogP contribution in [-0.4, -0.2) is 11.2 Å². The van der Waals surface area contributed by atoms with Crippen molar-refractivity contribution in [3.63, 3.8) is 0 Å². The molecule has 0 fully saturated rings. The largest absolute Gasteiger partial charge is 0.389 e. The van der Waals surface area contributed by atoms with Crippen LogP contribution in [0.25, 0.3) is 0 Å². The number of fused-ring (bicyclic) bond motifs is 2. The fraction of sp³-hybridized carbons (Fsp3) is 0.556. The first-order chi connectivity index (χ1) is 5.20.